The Morgan fingerprint density at radius 1 is 1.26 bits per heavy atom. The maximum atomic E-state index is 13.4. The Bertz CT molecular complexity index is 584. The number of benzene rings is 2. The number of hydrogen-bond donors (Lipinski definition) is 2. The van der Waals surface area contributed by atoms with Crippen molar-refractivity contribution in [3.05, 3.63) is 47.8 Å². The van der Waals surface area contributed by atoms with Crippen LogP contribution in [-0.4, -0.2) is 7.11 Å². The van der Waals surface area contributed by atoms with E-state index in [9.17, 15) is 4.39 Å². The molecule has 2 rings (SSSR count). The van der Waals surface area contributed by atoms with Crippen LogP contribution >= 0.6 is 0 Å². The highest BCUT2D eigenvalue weighted by Gasteiger charge is 2.06. The summed E-state index contributed by atoms with van der Waals surface area (Å²) in [7, 11) is 1.64. The van der Waals surface area contributed by atoms with Crippen molar-refractivity contribution < 1.29 is 9.13 Å². The number of para-hydroxylation sites is 1. The van der Waals surface area contributed by atoms with E-state index in [-0.39, 0.29) is 5.69 Å². The van der Waals surface area contributed by atoms with E-state index in [2.05, 4.69) is 12.2 Å². The number of ether oxygens (including phenoxy) is 1. The average Bonchev–Trinajstić information content (AvgIpc) is 2.43. The Labute approximate surface area is 112 Å². The lowest BCUT2D eigenvalue weighted by atomic mass is 10.1. The number of nitrogens with two attached hydrogens (primary N) is 1. The first-order valence-corrected chi connectivity index (χ1v) is 6.13. The largest absolute Gasteiger partial charge is 0.496 e. The van der Waals surface area contributed by atoms with Gasteiger partial charge in [0.05, 0.1) is 18.5 Å². The second-order valence-corrected chi connectivity index (χ2v) is 4.21. The van der Waals surface area contributed by atoms with E-state index < -0.39 is 5.82 Å². The van der Waals surface area contributed by atoms with Gasteiger partial charge in [-0.15, -0.1) is 0 Å². The zero-order chi connectivity index (χ0) is 13.8. The van der Waals surface area contributed by atoms with Crippen molar-refractivity contribution in [3.8, 4) is 5.75 Å². The lowest BCUT2D eigenvalue weighted by molar-refractivity contribution is 0.410. The van der Waals surface area contributed by atoms with Crippen LogP contribution in [0.2, 0.25) is 0 Å². The Balaban J connectivity index is 2.31. The van der Waals surface area contributed by atoms with Crippen LogP contribution < -0.4 is 15.8 Å². The van der Waals surface area contributed by atoms with Gasteiger partial charge in [0, 0.05) is 5.69 Å². The normalized spacial score (nSPS) is 10.3. The molecule has 0 aliphatic carbocycles. The molecule has 0 radical (unpaired) electrons. The smallest absolute Gasteiger partial charge is 0.148 e. The van der Waals surface area contributed by atoms with Crippen LogP contribution in [0.15, 0.2) is 36.4 Å². The van der Waals surface area contributed by atoms with Crippen molar-refractivity contribution in [1.82, 2.24) is 0 Å². The van der Waals surface area contributed by atoms with E-state index in [1.807, 2.05) is 18.2 Å². The van der Waals surface area contributed by atoms with Gasteiger partial charge in [-0.05, 0) is 42.3 Å². The third-order valence-corrected chi connectivity index (χ3v) is 2.99. The molecule has 3 nitrogen and oxygen atoms in total. The number of rotatable bonds is 4. The molecule has 19 heavy (non-hydrogen) atoms. The number of nitrogen functional groups attached to an aromatic ring is 1. The molecule has 0 heterocycles. The minimum atomic E-state index is -0.422. The predicted molar refractivity (Wildman–Crippen MR) is 76.5 cm³/mol. The standard InChI is InChI=1S/C15H17FN2O/c1-3-10-9-11(7-8-14(10)19-2)18-13-6-4-5-12(16)15(13)17/h4-9,18H,3,17H2,1-2H3. The van der Waals surface area contributed by atoms with Crippen molar-refractivity contribution in [2.24, 2.45) is 0 Å². The van der Waals surface area contributed by atoms with Gasteiger partial charge in [0.2, 0.25) is 0 Å². The Morgan fingerprint density at radius 3 is 2.74 bits per heavy atom. The van der Waals surface area contributed by atoms with Crippen molar-refractivity contribution in [2.45, 2.75) is 13.3 Å². The van der Waals surface area contributed by atoms with Gasteiger partial charge in [0.25, 0.3) is 0 Å². The fourth-order valence-corrected chi connectivity index (χ4v) is 1.93. The van der Waals surface area contributed by atoms with Gasteiger partial charge in [-0.2, -0.15) is 0 Å². The first kappa shape index (κ1) is 13.2. The maximum absolute atomic E-state index is 13.4. The quantitative estimate of drug-likeness (QED) is 0.823. The molecule has 4 heteroatoms. The van der Waals surface area contributed by atoms with Crippen molar-refractivity contribution >= 4 is 17.1 Å². The third kappa shape index (κ3) is 2.78. The lowest BCUT2D eigenvalue weighted by Crippen LogP contribution is -1.99. The van der Waals surface area contributed by atoms with Crippen LogP contribution in [0.4, 0.5) is 21.5 Å². The summed E-state index contributed by atoms with van der Waals surface area (Å²) in [4.78, 5) is 0. The zero-order valence-corrected chi connectivity index (χ0v) is 11.0. The summed E-state index contributed by atoms with van der Waals surface area (Å²) in [6.07, 6.45) is 0.858. The topological polar surface area (TPSA) is 47.3 Å². The summed E-state index contributed by atoms with van der Waals surface area (Å²) in [6, 6.07) is 10.4. The van der Waals surface area contributed by atoms with Crippen molar-refractivity contribution in [2.75, 3.05) is 18.2 Å². The minimum absolute atomic E-state index is 0.122. The number of hydrogen-bond acceptors (Lipinski definition) is 3. The van der Waals surface area contributed by atoms with E-state index in [4.69, 9.17) is 10.5 Å². The summed E-state index contributed by atoms with van der Waals surface area (Å²) < 4.78 is 18.6. The van der Waals surface area contributed by atoms with Crippen LogP contribution in [0.5, 0.6) is 5.75 Å². The number of halogens is 1. The van der Waals surface area contributed by atoms with Gasteiger partial charge in [-0.1, -0.05) is 13.0 Å². The summed E-state index contributed by atoms with van der Waals surface area (Å²) in [5.41, 5.74) is 8.32. The number of aryl methyl sites for hydroxylation is 1. The number of anilines is 3. The molecule has 0 amide bonds. The molecule has 0 aliphatic heterocycles. The Kier molecular flexibility index (Phi) is 3.90. The molecule has 0 atom stereocenters. The maximum Gasteiger partial charge on any atom is 0.148 e. The molecule has 3 N–H and O–H groups in total. The predicted octanol–water partition coefficient (Wildman–Crippen LogP) is 3.72. The van der Waals surface area contributed by atoms with Gasteiger partial charge in [0.15, 0.2) is 0 Å². The summed E-state index contributed by atoms with van der Waals surface area (Å²) in [5, 5.41) is 3.12. The highest BCUT2D eigenvalue weighted by Crippen LogP contribution is 2.28. The first-order valence-electron chi connectivity index (χ1n) is 6.13. The molecular weight excluding hydrogens is 243 g/mol. The molecule has 0 spiro atoms. The van der Waals surface area contributed by atoms with Crippen molar-refractivity contribution in [3.63, 3.8) is 0 Å². The van der Waals surface area contributed by atoms with Gasteiger partial charge < -0.3 is 15.8 Å². The average molecular weight is 260 g/mol. The van der Waals surface area contributed by atoms with Crippen molar-refractivity contribution in [1.29, 1.82) is 0 Å². The Morgan fingerprint density at radius 2 is 2.05 bits per heavy atom. The van der Waals surface area contributed by atoms with Crippen LogP contribution in [0.1, 0.15) is 12.5 Å². The zero-order valence-electron chi connectivity index (χ0n) is 11.0. The molecule has 2 aromatic rings. The number of methoxy groups -OCH3 is 1. The molecule has 100 valence electrons. The summed E-state index contributed by atoms with van der Waals surface area (Å²) >= 11 is 0. The molecule has 0 bridgehead atoms. The molecule has 0 unspecified atom stereocenters. The second kappa shape index (κ2) is 5.61. The summed E-state index contributed by atoms with van der Waals surface area (Å²) in [5.74, 6) is 0.425. The van der Waals surface area contributed by atoms with E-state index >= 15 is 0 Å². The molecular formula is C15H17FN2O. The van der Waals surface area contributed by atoms with E-state index in [1.165, 1.54) is 6.07 Å². The van der Waals surface area contributed by atoms with Gasteiger partial charge in [-0.3, -0.25) is 0 Å². The highest BCUT2D eigenvalue weighted by atomic mass is 19.1. The van der Waals surface area contributed by atoms with Crippen LogP contribution in [0.3, 0.4) is 0 Å². The van der Waals surface area contributed by atoms with E-state index in [1.54, 1.807) is 19.2 Å². The SMILES string of the molecule is CCc1cc(Nc2cccc(F)c2N)ccc1OC. The van der Waals surface area contributed by atoms with Crippen LogP contribution in [-0.2, 0) is 6.42 Å². The fourth-order valence-electron chi connectivity index (χ4n) is 1.93. The molecule has 0 fully saturated rings. The fraction of sp³-hybridized carbons (Fsp3) is 0.200. The van der Waals surface area contributed by atoms with Gasteiger partial charge in [-0.25, -0.2) is 4.39 Å². The van der Waals surface area contributed by atoms with Crippen LogP contribution in [0, 0.1) is 5.82 Å². The molecule has 2 aromatic carbocycles. The van der Waals surface area contributed by atoms with Gasteiger partial charge >= 0.3 is 0 Å². The second-order valence-electron chi connectivity index (χ2n) is 4.21. The highest BCUT2D eigenvalue weighted by molar-refractivity contribution is 5.73. The minimum Gasteiger partial charge on any atom is -0.496 e. The molecule has 0 aromatic heterocycles. The summed E-state index contributed by atoms with van der Waals surface area (Å²) in [6.45, 7) is 2.05. The lowest BCUT2D eigenvalue weighted by Gasteiger charge is -2.13. The van der Waals surface area contributed by atoms with Gasteiger partial charge in [0.1, 0.15) is 11.6 Å². The monoisotopic (exact) mass is 260 g/mol. The molecule has 0 saturated carbocycles. The third-order valence-electron chi connectivity index (χ3n) is 2.99. The number of nitrogens with one attached hydrogen (secondary N) is 1. The first-order chi connectivity index (χ1) is 9.15. The molecule has 0 saturated heterocycles. The van der Waals surface area contributed by atoms with E-state index in [0.29, 0.717) is 5.69 Å². The van der Waals surface area contributed by atoms with E-state index in [0.717, 1.165) is 23.4 Å². The molecule has 0 aliphatic rings. The van der Waals surface area contributed by atoms with Crippen LogP contribution in [0.25, 0.3) is 0 Å². The Hall–Kier alpha value is -2.23.